The Kier molecular flexibility index (Phi) is 4.51. The Balaban J connectivity index is 1.42. The molecular formula is C18H22N6O3. The third-order valence-electron chi connectivity index (χ3n) is 5.25. The molecule has 142 valence electrons. The minimum atomic E-state index is -0.258. The zero-order valence-corrected chi connectivity index (χ0v) is 15.3. The molecule has 0 radical (unpaired) electrons. The summed E-state index contributed by atoms with van der Waals surface area (Å²) in [6.45, 7) is 2.70. The van der Waals surface area contributed by atoms with Crippen LogP contribution in [0.25, 0.3) is 0 Å². The van der Waals surface area contributed by atoms with Crippen molar-refractivity contribution in [1.29, 1.82) is 0 Å². The predicted molar refractivity (Wildman–Crippen MR) is 96.5 cm³/mol. The van der Waals surface area contributed by atoms with Gasteiger partial charge < -0.3 is 9.80 Å². The summed E-state index contributed by atoms with van der Waals surface area (Å²) in [5.41, 5.74) is 1.70. The highest BCUT2D eigenvalue weighted by molar-refractivity contribution is 5.96. The molecule has 0 atom stereocenters. The molecule has 0 spiro atoms. The Labute approximate surface area is 156 Å². The van der Waals surface area contributed by atoms with Gasteiger partial charge in [0.15, 0.2) is 0 Å². The molecule has 2 aromatic heterocycles. The van der Waals surface area contributed by atoms with E-state index in [2.05, 4.69) is 10.2 Å². The van der Waals surface area contributed by atoms with Crippen LogP contribution in [0.3, 0.4) is 0 Å². The lowest BCUT2D eigenvalue weighted by Gasteiger charge is -2.34. The first-order valence-electron chi connectivity index (χ1n) is 9.22. The Morgan fingerprint density at radius 3 is 2.37 bits per heavy atom. The quantitative estimate of drug-likeness (QED) is 0.737. The molecule has 0 saturated carbocycles. The number of hydrogen-bond acceptors (Lipinski definition) is 5. The minimum Gasteiger partial charge on any atom is -0.335 e. The van der Waals surface area contributed by atoms with E-state index in [9.17, 15) is 14.4 Å². The topological polar surface area (TPSA) is 93.3 Å². The van der Waals surface area contributed by atoms with Crippen LogP contribution in [-0.4, -0.2) is 67.4 Å². The molecule has 0 bridgehead atoms. The van der Waals surface area contributed by atoms with E-state index >= 15 is 0 Å². The summed E-state index contributed by atoms with van der Waals surface area (Å²) in [6.07, 6.45) is 4.75. The Bertz CT molecular complexity index is 939. The summed E-state index contributed by atoms with van der Waals surface area (Å²) >= 11 is 0. The van der Waals surface area contributed by atoms with Gasteiger partial charge >= 0.3 is 0 Å². The molecule has 2 aliphatic rings. The van der Waals surface area contributed by atoms with Gasteiger partial charge in [0.05, 0.1) is 17.5 Å². The summed E-state index contributed by atoms with van der Waals surface area (Å²) < 4.78 is 3.08. The van der Waals surface area contributed by atoms with Gasteiger partial charge in [-0.3, -0.25) is 19.1 Å². The van der Waals surface area contributed by atoms with Gasteiger partial charge in [0, 0.05) is 45.8 Å². The number of carbonyl (C=O) groups excluding carboxylic acids is 2. The maximum absolute atomic E-state index is 12.9. The molecule has 9 nitrogen and oxygen atoms in total. The molecule has 2 aromatic rings. The standard InChI is InChI=1S/C18H22N6O3/c1-21-16(25)6-5-14(20-21)18(27)23-10-8-22(9-11-23)17(26)13-12-19-24-7-3-2-4-15(13)24/h5-6,12H,2-4,7-11H2,1H3. The van der Waals surface area contributed by atoms with Crippen LogP contribution in [0.4, 0.5) is 0 Å². The Morgan fingerprint density at radius 2 is 1.67 bits per heavy atom. The molecule has 9 heteroatoms. The smallest absolute Gasteiger partial charge is 0.274 e. The number of aromatic nitrogens is 4. The maximum atomic E-state index is 12.9. The fourth-order valence-corrected chi connectivity index (χ4v) is 3.66. The molecule has 0 unspecified atom stereocenters. The summed E-state index contributed by atoms with van der Waals surface area (Å²) in [7, 11) is 1.52. The van der Waals surface area contributed by atoms with E-state index in [0.717, 1.165) is 36.2 Å². The maximum Gasteiger partial charge on any atom is 0.274 e. The van der Waals surface area contributed by atoms with E-state index in [0.29, 0.717) is 31.7 Å². The van der Waals surface area contributed by atoms with Crippen molar-refractivity contribution in [3.8, 4) is 0 Å². The fourth-order valence-electron chi connectivity index (χ4n) is 3.66. The van der Waals surface area contributed by atoms with Crippen molar-refractivity contribution in [2.24, 2.45) is 7.05 Å². The van der Waals surface area contributed by atoms with Crippen LogP contribution in [-0.2, 0) is 20.0 Å². The lowest BCUT2D eigenvalue weighted by atomic mass is 10.1. The van der Waals surface area contributed by atoms with Gasteiger partial charge in [-0.2, -0.15) is 10.2 Å². The first-order chi connectivity index (χ1) is 13.0. The summed E-state index contributed by atoms with van der Waals surface area (Å²) in [5, 5.41) is 8.35. The number of nitrogens with zero attached hydrogens (tertiary/aromatic N) is 6. The van der Waals surface area contributed by atoms with Crippen LogP contribution in [0.2, 0.25) is 0 Å². The lowest BCUT2D eigenvalue weighted by molar-refractivity contribution is 0.0530. The van der Waals surface area contributed by atoms with Crippen molar-refractivity contribution in [2.75, 3.05) is 26.2 Å². The summed E-state index contributed by atoms with van der Waals surface area (Å²) in [5.74, 6) is -0.230. The van der Waals surface area contributed by atoms with Crippen LogP contribution in [0.5, 0.6) is 0 Å². The molecule has 1 fully saturated rings. The normalized spacial score (nSPS) is 16.9. The van der Waals surface area contributed by atoms with Crippen molar-refractivity contribution in [3.05, 3.63) is 45.6 Å². The molecular weight excluding hydrogens is 348 g/mol. The van der Waals surface area contributed by atoms with Crippen molar-refractivity contribution in [2.45, 2.75) is 25.8 Å². The highest BCUT2D eigenvalue weighted by Crippen LogP contribution is 2.20. The molecule has 2 aliphatic heterocycles. The van der Waals surface area contributed by atoms with Crippen LogP contribution in [0.1, 0.15) is 39.4 Å². The van der Waals surface area contributed by atoms with Crippen LogP contribution in [0, 0.1) is 0 Å². The van der Waals surface area contributed by atoms with E-state index in [1.165, 1.54) is 19.2 Å². The highest BCUT2D eigenvalue weighted by Gasteiger charge is 2.29. The van der Waals surface area contributed by atoms with E-state index < -0.39 is 0 Å². The number of fused-ring (bicyclic) bond motifs is 1. The van der Waals surface area contributed by atoms with Gasteiger partial charge in [-0.1, -0.05) is 0 Å². The van der Waals surface area contributed by atoms with Gasteiger partial charge in [0.25, 0.3) is 17.4 Å². The summed E-state index contributed by atoms with van der Waals surface area (Å²) in [4.78, 5) is 40.4. The van der Waals surface area contributed by atoms with Gasteiger partial charge in [-0.25, -0.2) is 4.68 Å². The molecule has 0 aromatic carbocycles. The van der Waals surface area contributed by atoms with Gasteiger partial charge in [0.1, 0.15) is 5.69 Å². The van der Waals surface area contributed by atoms with Crippen LogP contribution in [0.15, 0.2) is 23.1 Å². The third kappa shape index (κ3) is 3.24. The molecule has 27 heavy (non-hydrogen) atoms. The first kappa shape index (κ1) is 17.4. The third-order valence-corrected chi connectivity index (χ3v) is 5.25. The van der Waals surface area contributed by atoms with Crippen LogP contribution < -0.4 is 5.56 Å². The van der Waals surface area contributed by atoms with E-state index in [-0.39, 0.29) is 23.1 Å². The molecule has 2 amide bonds. The number of carbonyl (C=O) groups is 2. The zero-order chi connectivity index (χ0) is 19.0. The zero-order valence-electron chi connectivity index (χ0n) is 15.3. The second kappa shape index (κ2) is 6.98. The number of piperazine rings is 1. The van der Waals surface area contributed by atoms with E-state index in [1.807, 2.05) is 4.68 Å². The molecule has 4 heterocycles. The fraction of sp³-hybridized carbons (Fsp3) is 0.500. The lowest BCUT2D eigenvalue weighted by Crippen LogP contribution is -2.51. The molecule has 4 rings (SSSR count). The number of rotatable bonds is 2. The Morgan fingerprint density at radius 1 is 0.963 bits per heavy atom. The first-order valence-corrected chi connectivity index (χ1v) is 9.22. The van der Waals surface area contributed by atoms with E-state index in [1.54, 1.807) is 16.0 Å². The Hall–Kier alpha value is -2.97. The minimum absolute atomic E-state index is 0.00881. The van der Waals surface area contributed by atoms with Gasteiger partial charge in [0.2, 0.25) is 0 Å². The van der Waals surface area contributed by atoms with Gasteiger partial charge in [-0.05, 0) is 25.3 Å². The largest absolute Gasteiger partial charge is 0.335 e. The van der Waals surface area contributed by atoms with Crippen molar-refractivity contribution in [3.63, 3.8) is 0 Å². The second-order valence-electron chi connectivity index (χ2n) is 6.95. The monoisotopic (exact) mass is 370 g/mol. The average molecular weight is 370 g/mol. The van der Waals surface area contributed by atoms with E-state index in [4.69, 9.17) is 0 Å². The summed E-state index contributed by atoms with van der Waals surface area (Å²) in [6, 6.07) is 2.78. The van der Waals surface area contributed by atoms with Crippen molar-refractivity contribution in [1.82, 2.24) is 29.4 Å². The number of aryl methyl sites for hydroxylation is 2. The van der Waals surface area contributed by atoms with Gasteiger partial charge in [-0.15, -0.1) is 0 Å². The number of amides is 2. The van der Waals surface area contributed by atoms with Crippen molar-refractivity contribution >= 4 is 11.8 Å². The molecule has 0 N–H and O–H groups in total. The molecule has 1 saturated heterocycles. The SMILES string of the molecule is Cn1nc(C(=O)N2CCN(C(=O)c3cnn4c3CCCC4)CC2)ccc1=O. The van der Waals surface area contributed by atoms with Crippen LogP contribution >= 0.6 is 0 Å². The average Bonchev–Trinajstić information content (AvgIpc) is 3.13. The number of hydrogen-bond donors (Lipinski definition) is 0. The van der Waals surface area contributed by atoms with Crippen molar-refractivity contribution < 1.29 is 9.59 Å². The highest BCUT2D eigenvalue weighted by atomic mass is 16.2. The second-order valence-corrected chi connectivity index (χ2v) is 6.95. The molecule has 0 aliphatic carbocycles. The predicted octanol–water partition coefficient (Wildman–Crippen LogP) is -0.0887.